The summed E-state index contributed by atoms with van der Waals surface area (Å²) in [5, 5.41) is 14.4. The van der Waals surface area contributed by atoms with Gasteiger partial charge in [-0.05, 0) is 65.7 Å². The lowest BCUT2D eigenvalue weighted by molar-refractivity contribution is -0.137. The van der Waals surface area contributed by atoms with Crippen molar-refractivity contribution >= 4 is 40.0 Å². The zero-order chi connectivity index (χ0) is 26.6. The van der Waals surface area contributed by atoms with Crippen molar-refractivity contribution in [2.24, 2.45) is 0 Å². The van der Waals surface area contributed by atoms with E-state index < -0.39 is 17.6 Å². The van der Waals surface area contributed by atoms with Crippen LogP contribution in [-0.2, 0) is 17.6 Å². The second-order valence-corrected chi connectivity index (χ2v) is 8.69. The molecule has 0 saturated heterocycles. The zero-order valence-electron chi connectivity index (χ0n) is 19.6. The van der Waals surface area contributed by atoms with E-state index in [0.29, 0.717) is 16.3 Å². The lowest BCUT2D eigenvalue weighted by Crippen LogP contribution is -2.14. The third-order valence-corrected chi connectivity index (χ3v) is 5.97. The van der Waals surface area contributed by atoms with Crippen molar-refractivity contribution < 1.29 is 22.7 Å². The number of amides is 1. The number of alkyl halides is 3. The molecule has 0 aliphatic heterocycles. The Morgan fingerprint density at radius 1 is 1.05 bits per heavy atom. The Labute approximate surface area is 216 Å². The molecule has 4 aromatic carbocycles. The molecule has 0 spiro atoms. The van der Waals surface area contributed by atoms with Crippen LogP contribution >= 0.6 is 11.6 Å². The van der Waals surface area contributed by atoms with Gasteiger partial charge in [-0.1, -0.05) is 54.1 Å². The molecule has 0 unspecified atom stereocenters. The molecule has 37 heavy (non-hydrogen) atoms. The quantitative estimate of drug-likeness (QED) is 0.207. The van der Waals surface area contributed by atoms with Crippen molar-refractivity contribution in [3.05, 3.63) is 112 Å². The number of hydrogen-bond donors (Lipinski definition) is 1. The van der Waals surface area contributed by atoms with Crippen LogP contribution in [-0.4, -0.2) is 5.91 Å². The summed E-state index contributed by atoms with van der Waals surface area (Å²) in [5.41, 5.74) is 1.08. The van der Waals surface area contributed by atoms with Crippen LogP contribution in [0.3, 0.4) is 0 Å². The van der Waals surface area contributed by atoms with Crippen molar-refractivity contribution in [2.75, 3.05) is 5.32 Å². The van der Waals surface area contributed by atoms with Gasteiger partial charge in [0, 0.05) is 21.8 Å². The number of carbonyl (C=O) groups excluding carboxylic acids is 1. The first kappa shape index (κ1) is 25.8. The van der Waals surface area contributed by atoms with Crippen LogP contribution in [0.4, 0.5) is 18.9 Å². The second-order valence-electron chi connectivity index (χ2n) is 8.26. The highest BCUT2D eigenvalue weighted by Gasteiger charge is 2.30. The minimum Gasteiger partial charge on any atom is -0.488 e. The van der Waals surface area contributed by atoms with E-state index in [-0.39, 0.29) is 17.9 Å². The molecule has 1 N–H and O–H groups in total. The Morgan fingerprint density at radius 2 is 1.84 bits per heavy atom. The standard InChI is InChI=1S/C29H20ClF3N2O2/c1-18-9-10-19-5-2-3-8-25(19)26(18)17-37-27-12-11-23(30)14-20(27)13-21(16-34)28(36)35-24-7-4-6-22(15-24)29(31,32)33/h2-15H,17H2,1H3,(H,35,36)/b21-13+. The Bertz CT molecular complexity index is 1560. The van der Waals surface area contributed by atoms with E-state index in [2.05, 4.69) is 5.32 Å². The summed E-state index contributed by atoms with van der Waals surface area (Å²) < 4.78 is 45.1. The van der Waals surface area contributed by atoms with E-state index >= 15 is 0 Å². The minimum absolute atomic E-state index is 0.0880. The molecular formula is C29H20ClF3N2O2. The summed E-state index contributed by atoms with van der Waals surface area (Å²) in [6, 6.07) is 22.7. The van der Waals surface area contributed by atoms with Crippen LogP contribution in [0.1, 0.15) is 22.3 Å². The number of rotatable bonds is 6. The molecule has 4 nitrogen and oxygen atoms in total. The number of anilines is 1. The number of fused-ring (bicyclic) bond motifs is 1. The fourth-order valence-corrected chi connectivity index (χ4v) is 4.01. The molecule has 1 amide bonds. The topological polar surface area (TPSA) is 62.1 Å². The molecule has 0 heterocycles. The Kier molecular flexibility index (Phi) is 7.51. The first-order valence-corrected chi connectivity index (χ1v) is 11.5. The molecule has 0 aliphatic carbocycles. The molecule has 0 bridgehead atoms. The van der Waals surface area contributed by atoms with E-state index in [1.165, 1.54) is 18.2 Å². The van der Waals surface area contributed by atoms with Gasteiger partial charge in [-0.25, -0.2) is 0 Å². The molecule has 0 aliphatic rings. The number of nitriles is 1. The van der Waals surface area contributed by atoms with Crippen molar-refractivity contribution in [3.8, 4) is 11.8 Å². The lowest BCUT2D eigenvalue weighted by atomic mass is 10.0. The van der Waals surface area contributed by atoms with E-state index in [1.807, 2.05) is 43.3 Å². The molecule has 0 fully saturated rings. The van der Waals surface area contributed by atoms with Gasteiger partial charge >= 0.3 is 6.18 Å². The number of nitrogens with one attached hydrogen (secondary N) is 1. The van der Waals surface area contributed by atoms with Gasteiger partial charge < -0.3 is 10.1 Å². The molecule has 0 radical (unpaired) electrons. The molecule has 4 rings (SSSR count). The number of hydrogen-bond acceptors (Lipinski definition) is 3. The van der Waals surface area contributed by atoms with Crippen LogP contribution in [0.2, 0.25) is 5.02 Å². The van der Waals surface area contributed by atoms with Gasteiger partial charge in [0.2, 0.25) is 0 Å². The van der Waals surface area contributed by atoms with Gasteiger partial charge in [0.25, 0.3) is 5.91 Å². The molecule has 4 aromatic rings. The third-order valence-electron chi connectivity index (χ3n) is 5.73. The van der Waals surface area contributed by atoms with Crippen LogP contribution in [0, 0.1) is 18.3 Å². The predicted molar refractivity (Wildman–Crippen MR) is 138 cm³/mol. The smallest absolute Gasteiger partial charge is 0.416 e. The summed E-state index contributed by atoms with van der Waals surface area (Å²) in [4.78, 5) is 12.7. The number of halogens is 4. The van der Waals surface area contributed by atoms with E-state index in [1.54, 1.807) is 24.3 Å². The van der Waals surface area contributed by atoms with Crippen molar-refractivity contribution in [3.63, 3.8) is 0 Å². The molecular weight excluding hydrogens is 501 g/mol. The maximum Gasteiger partial charge on any atom is 0.416 e. The van der Waals surface area contributed by atoms with Gasteiger partial charge in [-0.3, -0.25) is 4.79 Å². The average Bonchev–Trinajstić information content (AvgIpc) is 2.87. The second kappa shape index (κ2) is 10.8. The molecule has 186 valence electrons. The molecule has 0 aromatic heterocycles. The minimum atomic E-state index is -4.57. The highest BCUT2D eigenvalue weighted by Crippen LogP contribution is 2.31. The number of carbonyl (C=O) groups is 1. The Morgan fingerprint density at radius 3 is 2.59 bits per heavy atom. The van der Waals surface area contributed by atoms with Crippen LogP contribution in [0.15, 0.2) is 84.4 Å². The summed E-state index contributed by atoms with van der Waals surface area (Å²) in [5.74, 6) is -0.478. The highest BCUT2D eigenvalue weighted by molar-refractivity contribution is 6.30. The molecule has 8 heteroatoms. The van der Waals surface area contributed by atoms with Gasteiger partial charge in [0.05, 0.1) is 5.56 Å². The summed E-state index contributed by atoms with van der Waals surface area (Å²) >= 11 is 6.16. The highest BCUT2D eigenvalue weighted by atomic mass is 35.5. The molecule has 0 atom stereocenters. The zero-order valence-corrected chi connectivity index (χ0v) is 20.3. The fourth-order valence-electron chi connectivity index (χ4n) is 3.83. The Balaban J connectivity index is 1.61. The van der Waals surface area contributed by atoms with Gasteiger partial charge in [-0.15, -0.1) is 0 Å². The number of ether oxygens (including phenoxy) is 1. The van der Waals surface area contributed by atoms with Crippen molar-refractivity contribution in [2.45, 2.75) is 19.7 Å². The maximum atomic E-state index is 13.0. The summed E-state index contributed by atoms with van der Waals surface area (Å²) in [6.45, 7) is 2.22. The number of benzene rings is 4. The van der Waals surface area contributed by atoms with Gasteiger partial charge in [0.1, 0.15) is 24.0 Å². The maximum absolute atomic E-state index is 13.0. The van der Waals surface area contributed by atoms with Gasteiger partial charge in [0.15, 0.2) is 0 Å². The van der Waals surface area contributed by atoms with E-state index in [0.717, 1.165) is 34.0 Å². The molecule has 0 saturated carbocycles. The number of aryl methyl sites for hydroxylation is 1. The summed E-state index contributed by atoms with van der Waals surface area (Å²) in [7, 11) is 0. The van der Waals surface area contributed by atoms with E-state index in [4.69, 9.17) is 16.3 Å². The van der Waals surface area contributed by atoms with Crippen LogP contribution in [0.25, 0.3) is 16.8 Å². The SMILES string of the molecule is Cc1ccc2ccccc2c1COc1ccc(Cl)cc1/C=C(\C#N)C(=O)Nc1cccc(C(F)(F)F)c1. The van der Waals surface area contributed by atoms with Gasteiger partial charge in [-0.2, -0.15) is 18.4 Å². The first-order chi connectivity index (χ1) is 17.7. The van der Waals surface area contributed by atoms with Crippen molar-refractivity contribution in [1.29, 1.82) is 5.26 Å². The third kappa shape index (κ3) is 6.11. The summed E-state index contributed by atoms with van der Waals surface area (Å²) in [6.07, 6.45) is -3.27. The fraction of sp³-hybridized carbons (Fsp3) is 0.103. The van der Waals surface area contributed by atoms with E-state index in [9.17, 15) is 23.2 Å². The normalized spacial score (nSPS) is 11.7. The number of nitrogens with zero attached hydrogens (tertiary/aromatic N) is 1. The predicted octanol–water partition coefficient (Wildman–Crippen LogP) is 7.95. The largest absolute Gasteiger partial charge is 0.488 e. The van der Waals surface area contributed by atoms with Crippen LogP contribution in [0.5, 0.6) is 5.75 Å². The lowest BCUT2D eigenvalue weighted by Gasteiger charge is -2.14. The van der Waals surface area contributed by atoms with Crippen LogP contribution < -0.4 is 10.1 Å². The monoisotopic (exact) mass is 520 g/mol. The van der Waals surface area contributed by atoms with Crippen molar-refractivity contribution in [1.82, 2.24) is 0 Å². The first-order valence-electron chi connectivity index (χ1n) is 11.2. The average molecular weight is 521 g/mol. The Hall–Kier alpha value is -4.28.